The van der Waals surface area contributed by atoms with E-state index in [1.807, 2.05) is 30.3 Å². The molecule has 0 aliphatic carbocycles. The first-order chi connectivity index (χ1) is 16.5. The van der Waals surface area contributed by atoms with Crippen LogP contribution in [-0.4, -0.2) is 26.0 Å². The van der Waals surface area contributed by atoms with Gasteiger partial charge in [-0.05, 0) is 66.1 Å². The lowest BCUT2D eigenvalue weighted by Crippen LogP contribution is -2.32. The van der Waals surface area contributed by atoms with Crippen LogP contribution in [0.25, 0.3) is 5.57 Å². The number of nitriles is 1. The van der Waals surface area contributed by atoms with Gasteiger partial charge in [-0.25, -0.2) is 4.90 Å². The number of nitrogens with one attached hydrogen (secondary N) is 1. The van der Waals surface area contributed by atoms with Crippen LogP contribution in [0, 0.1) is 11.3 Å². The summed E-state index contributed by atoms with van der Waals surface area (Å²) in [6.07, 6.45) is 0.893. The molecule has 3 aromatic rings. The number of benzene rings is 3. The number of aryl methyl sites for hydroxylation is 1. The molecule has 0 saturated carbocycles. The summed E-state index contributed by atoms with van der Waals surface area (Å²) < 4.78 is 10.7. The summed E-state index contributed by atoms with van der Waals surface area (Å²) in [7, 11) is 3.04. The van der Waals surface area contributed by atoms with Crippen molar-refractivity contribution in [3.05, 3.63) is 89.1 Å². The van der Waals surface area contributed by atoms with Crippen LogP contribution in [0.15, 0.2) is 72.4 Å². The van der Waals surface area contributed by atoms with Gasteiger partial charge in [0.1, 0.15) is 5.70 Å². The number of rotatable bonds is 7. The number of carbonyl (C=O) groups excluding carboxylic acids is 2. The van der Waals surface area contributed by atoms with Crippen LogP contribution in [0.4, 0.5) is 11.4 Å². The molecule has 0 bridgehead atoms. The van der Waals surface area contributed by atoms with Crippen molar-refractivity contribution in [2.45, 2.75) is 13.3 Å². The standard InChI is InChI=1S/C27H23N3O4/c1-4-17-5-10-20(11-6-17)29-25-24(19-9-14-22(33-2)23(15-19)34-3)26(31)30(27(25)32)21-12-7-18(16-28)8-13-21/h5-15,29H,4H2,1-3H3. The zero-order chi connectivity index (χ0) is 24.2. The number of ether oxygens (including phenoxy) is 2. The van der Waals surface area contributed by atoms with Crippen molar-refractivity contribution in [2.75, 3.05) is 24.4 Å². The van der Waals surface area contributed by atoms with E-state index in [4.69, 9.17) is 14.7 Å². The molecule has 34 heavy (non-hydrogen) atoms. The highest BCUT2D eigenvalue weighted by Gasteiger charge is 2.40. The molecule has 0 saturated heterocycles. The van der Waals surface area contributed by atoms with Crippen molar-refractivity contribution in [1.29, 1.82) is 5.26 Å². The average Bonchev–Trinajstić information content (AvgIpc) is 3.12. The fourth-order valence-corrected chi connectivity index (χ4v) is 3.79. The Labute approximate surface area is 197 Å². The van der Waals surface area contributed by atoms with Crippen LogP contribution < -0.4 is 19.7 Å². The largest absolute Gasteiger partial charge is 0.493 e. The lowest BCUT2D eigenvalue weighted by atomic mass is 10.0. The number of imide groups is 1. The van der Waals surface area contributed by atoms with Gasteiger partial charge in [-0.15, -0.1) is 0 Å². The van der Waals surface area contributed by atoms with Gasteiger partial charge in [0, 0.05) is 5.69 Å². The second kappa shape index (κ2) is 9.51. The van der Waals surface area contributed by atoms with E-state index < -0.39 is 11.8 Å². The highest BCUT2D eigenvalue weighted by molar-refractivity contribution is 6.46. The van der Waals surface area contributed by atoms with Crippen molar-refractivity contribution in [2.24, 2.45) is 0 Å². The monoisotopic (exact) mass is 453 g/mol. The Bertz CT molecular complexity index is 1320. The first kappa shape index (κ1) is 22.6. The SMILES string of the molecule is CCc1ccc(NC2=C(c3ccc(OC)c(OC)c3)C(=O)N(c3ccc(C#N)cc3)C2=O)cc1. The van der Waals surface area contributed by atoms with Crippen LogP contribution in [0.1, 0.15) is 23.6 Å². The molecule has 1 aliphatic heterocycles. The number of amides is 2. The zero-order valence-corrected chi connectivity index (χ0v) is 19.1. The molecule has 0 fully saturated rings. The van der Waals surface area contributed by atoms with E-state index in [0.717, 1.165) is 16.9 Å². The molecule has 7 heteroatoms. The Morgan fingerprint density at radius 1 is 0.882 bits per heavy atom. The number of methoxy groups -OCH3 is 2. The summed E-state index contributed by atoms with van der Waals surface area (Å²) in [6, 6.07) is 21.1. The zero-order valence-electron chi connectivity index (χ0n) is 19.1. The second-order valence-corrected chi connectivity index (χ2v) is 7.60. The molecule has 0 radical (unpaired) electrons. The maximum atomic E-state index is 13.6. The molecule has 1 aliphatic rings. The molecular formula is C27H23N3O4. The Morgan fingerprint density at radius 2 is 1.56 bits per heavy atom. The molecule has 0 atom stereocenters. The summed E-state index contributed by atoms with van der Waals surface area (Å²) in [5.74, 6) is -0.0119. The Balaban J connectivity index is 1.82. The number of carbonyl (C=O) groups is 2. The van der Waals surface area contributed by atoms with Gasteiger partial charge in [0.2, 0.25) is 0 Å². The minimum absolute atomic E-state index is 0.158. The minimum Gasteiger partial charge on any atom is -0.493 e. The van der Waals surface area contributed by atoms with Crippen molar-refractivity contribution >= 4 is 28.8 Å². The quantitative estimate of drug-likeness (QED) is 0.529. The highest BCUT2D eigenvalue weighted by atomic mass is 16.5. The van der Waals surface area contributed by atoms with Crippen molar-refractivity contribution < 1.29 is 19.1 Å². The summed E-state index contributed by atoms with van der Waals surface area (Å²) in [5.41, 5.74) is 3.55. The molecule has 0 spiro atoms. The lowest BCUT2D eigenvalue weighted by molar-refractivity contribution is -0.120. The van der Waals surface area contributed by atoms with Gasteiger partial charge in [-0.3, -0.25) is 9.59 Å². The van der Waals surface area contributed by atoms with E-state index >= 15 is 0 Å². The van der Waals surface area contributed by atoms with E-state index in [1.165, 1.54) is 14.2 Å². The molecule has 1 N–H and O–H groups in total. The predicted octanol–water partition coefficient (Wildman–Crippen LogP) is 4.53. The van der Waals surface area contributed by atoms with Gasteiger partial charge < -0.3 is 14.8 Å². The van der Waals surface area contributed by atoms with Gasteiger partial charge in [-0.2, -0.15) is 5.26 Å². The van der Waals surface area contributed by atoms with Gasteiger partial charge in [-0.1, -0.05) is 25.1 Å². The first-order valence-electron chi connectivity index (χ1n) is 10.7. The predicted molar refractivity (Wildman–Crippen MR) is 130 cm³/mol. The van der Waals surface area contributed by atoms with E-state index in [-0.39, 0.29) is 11.3 Å². The molecule has 1 heterocycles. The minimum atomic E-state index is -0.487. The number of hydrogen-bond acceptors (Lipinski definition) is 6. The second-order valence-electron chi connectivity index (χ2n) is 7.60. The number of hydrogen-bond donors (Lipinski definition) is 1. The molecule has 4 rings (SSSR count). The van der Waals surface area contributed by atoms with E-state index in [2.05, 4.69) is 12.2 Å². The maximum absolute atomic E-state index is 13.6. The van der Waals surface area contributed by atoms with Crippen LogP contribution in [0.5, 0.6) is 11.5 Å². The Morgan fingerprint density at radius 3 is 2.15 bits per heavy atom. The number of nitrogens with zero attached hydrogens (tertiary/aromatic N) is 2. The van der Waals surface area contributed by atoms with E-state index in [9.17, 15) is 9.59 Å². The summed E-state index contributed by atoms with van der Waals surface area (Å²) in [4.78, 5) is 28.2. The molecule has 3 aromatic carbocycles. The highest BCUT2D eigenvalue weighted by Crippen LogP contribution is 2.37. The van der Waals surface area contributed by atoms with Gasteiger partial charge in [0.25, 0.3) is 11.8 Å². The third kappa shape index (κ3) is 4.09. The van der Waals surface area contributed by atoms with Crippen molar-refractivity contribution in [3.8, 4) is 17.6 Å². The first-order valence-corrected chi connectivity index (χ1v) is 10.7. The fraction of sp³-hybridized carbons (Fsp3) is 0.148. The topological polar surface area (TPSA) is 91.7 Å². The molecule has 0 aromatic heterocycles. The van der Waals surface area contributed by atoms with Crippen molar-refractivity contribution in [3.63, 3.8) is 0 Å². The molecule has 7 nitrogen and oxygen atoms in total. The normalized spacial score (nSPS) is 13.2. The van der Waals surface area contributed by atoms with E-state index in [0.29, 0.717) is 34.0 Å². The van der Waals surface area contributed by atoms with Gasteiger partial charge in [0.05, 0.1) is 37.1 Å². The third-order valence-corrected chi connectivity index (χ3v) is 5.64. The molecular weight excluding hydrogens is 430 g/mol. The number of anilines is 2. The Hall–Kier alpha value is -4.57. The summed E-state index contributed by atoms with van der Waals surface area (Å²) in [5, 5.41) is 12.2. The summed E-state index contributed by atoms with van der Waals surface area (Å²) in [6.45, 7) is 2.06. The lowest BCUT2D eigenvalue weighted by Gasteiger charge is -2.15. The van der Waals surface area contributed by atoms with Crippen LogP contribution in [0.3, 0.4) is 0 Å². The third-order valence-electron chi connectivity index (χ3n) is 5.64. The molecule has 2 amide bonds. The molecule has 0 unspecified atom stereocenters. The Kier molecular flexibility index (Phi) is 6.33. The summed E-state index contributed by atoms with van der Waals surface area (Å²) >= 11 is 0. The average molecular weight is 453 g/mol. The van der Waals surface area contributed by atoms with Crippen LogP contribution in [-0.2, 0) is 16.0 Å². The van der Waals surface area contributed by atoms with Crippen molar-refractivity contribution in [1.82, 2.24) is 0 Å². The maximum Gasteiger partial charge on any atom is 0.282 e. The smallest absolute Gasteiger partial charge is 0.282 e. The van der Waals surface area contributed by atoms with Gasteiger partial charge >= 0.3 is 0 Å². The van der Waals surface area contributed by atoms with Crippen LogP contribution in [0.2, 0.25) is 0 Å². The van der Waals surface area contributed by atoms with Crippen LogP contribution >= 0.6 is 0 Å². The van der Waals surface area contributed by atoms with Gasteiger partial charge in [0.15, 0.2) is 11.5 Å². The fourth-order valence-electron chi connectivity index (χ4n) is 3.79. The van der Waals surface area contributed by atoms with E-state index in [1.54, 1.807) is 42.5 Å². The molecule has 170 valence electrons.